The number of nitrogens with two attached hydrogens (primary N) is 1. The molecule has 2 heterocycles. The van der Waals surface area contributed by atoms with Gasteiger partial charge in [0.2, 0.25) is 11.8 Å². The first-order valence-corrected chi connectivity index (χ1v) is 8.37. The van der Waals surface area contributed by atoms with E-state index >= 15 is 0 Å². The number of aromatic nitrogens is 1. The summed E-state index contributed by atoms with van der Waals surface area (Å²) in [6, 6.07) is 3.91. The molecule has 0 aliphatic rings. The summed E-state index contributed by atoms with van der Waals surface area (Å²) in [5.41, 5.74) is 6.40. The summed E-state index contributed by atoms with van der Waals surface area (Å²) in [5.74, 6) is 1.69. The van der Waals surface area contributed by atoms with Gasteiger partial charge in [0.25, 0.3) is 0 Å². The zero-order chi connectivity index (χ0) is 16.1. The number of nitrogens with zero attached hydrogens (tertiary/aromatic N) is 1. The van der Waals surface area contributed by atoms with Crippen LogP contribution in [0.4, 0.5) is 0 Å². The normalized spacial score (nSPS) is 12.6. The lowest BCUT2D eigenvalue weighted by Gasteiger charge is -2.18. The van der Waals surface area contributed by atoms with Crippen molar-refractivity contribution in [2.45, 2.75) is 39.7 Å². The van der Waals surface area contributed by atoms with E-state index in [1.54, 1.807) is 11.3 Å². The highest BCUT2D eigenvalue weighted by Gasteiger charge is 2.17. The van der Waals surface area contributed by atoms with Gasteiger partial charge in [-0.15, -0.1) is 11.3 Å². The Morgan fingerprint density at radius 3 is 2.86 bits per heavy atom. The topological polar surface area (TPSA) is 81.2 Å². The van der Waals surface area contributed by atoms with Gasteiger partial charge < -0.3 is 15.5 Å². The van der Waals surface area contributed by atoms with Gasteiger partial charge in [-0.05, 0) is 30.7 Å². The number of amides is 1. The number of oxazole rings is 1. The molecule has 0 aliphatic carbocycles. The predicted octanol–water partition coefficient (Wildman–Crippen LogP) is 2.74. The molecule has 120 valence electrons. The average molecular weight is 321 g/mol. The van der Waals surface area contributed by atoms with Gasteiger partial charge in [0, 0.05) is 12.6 Å². The summed E-state index contributed by atoms with van der Waals surface area (Å²) in [4.78, 5) is 17.6. The first-order valence-electron chi connectivity index (χ1n) is 7.49. The summed E-state index contributed by atoms with van der Waals surface area (Å²) in [5, 5.41) is 4.95. The Hall–Kier alpha value is -1.66. The highest BCUT2D eigenvalue weighted by molar-refractivity contribution is 7.13. The smallest absolute Gasteiger partial charge is 0.236 e. The molecule has 0 aliphatic heterocycles. The van der Waals surface area contributed by atoms with Gasteiger partial charge in [-0.1, -0.05) is 19.9 Å². The molecule has 6 heteroatoms. The number of hydrogen-bond acceptors (Lipinski definition) is 5. The number of carbonyl (C=O) groups is 1. The van der Waals surface area contributed by atoms with Crippen LogP contribution in [0.25, 0.3) is 10.8 Å². The third kappa shape index (κ3) is 4.42. The van der Waals surface area contributed by atoms with Crippen molar-refractivity contribution in [2.24, 2.45) is 11.7 Å². The van der Waals surface area contributed by atoms with Crippen LogP contribution in [0.1, 0.15) is 31.7 Å². The van der Waals surface area contributed by atoms with Crippen LogP contribution in [-0.2, 0) is 11.2 Å². The maximum atomic E-state index is 12.2. The van der Waals surface area contributed by atoms with E-state index in [1.807, 2.05) is 24.4 Å². The fraction of sp³-hybridized carbons (Fsp3) is 0.500. The van der Waals surface area contributed by atoms with Crippen molar-refractivity contribution < 1.29 is 9.21 Å². The number of nitrogens with one attached hydrogen (secondary N) is 1. The zero-order valence-corrected chi connectivity index (χ0v) is 14.1. The molecule has 2 aromatic heterocycles. The number of rotatable bonds is 7. The number of thiophene rings is 1. The van der Waals surface area contributed by atoms with Crippen molar-refractivity contribution in [1.82, 2.24) is 10.3 Å². The van der Waals surface area contributed by atoms with Crippen molar-refractivity contribution in [1.29, 1.82) is 0 Å². The van der Waals surface area contributed by atoms with Gasteiger partial charge in [0.05, 0.1) is 17.0 Å². The highest BCUT2D eigenvalue weighted by atomic mass is 32.1. The molecule has 1 unspecified atom stereocenters. The minimum absolute atomic E-state index is 0.0106. The number of aryl methyl sites for hydroxylation is 1. The van der Waals surface area contributed by atoms with E-state index in [9.17, 15) is 4.79 Å². The third-order valence-corrected chi connectivity index (χ3v) is 4.22. The molecule has 1 amide bonds. The molecule has 0 spiro atoms. The van der Waals surface area contributed by atoms with Crippen molar-refractivity contribution in [3.8, 4) is 10.8 Å². The molecule has 0 saturated carbocycles. The second-order valence-corrected chi connectivity index (χ2v) is 6.75. The first kappa shape index (κ1) is 16.7. The van der Waals surface area contributed by atoms with Crippen molar-refractivity contribution in [3.05, 3.63) is 29.0 Å². The minimum atomic E-state index is -0.0646. The quantitative estimate of drug-likeness (QED) is 0.821. The lowest BCUT2D eigenvalue weighted by Crippen LogP contribution is -2.41. The molecular formula is C16H23N3O2S. The Balaban J connectivity index is 1.99. The first-order chi connectivity index (χ1) is 10.5. The lowest BCUT2D eigenvalue weighted by atomic mass is 10.0. The SMILES string of the molecule is Cc1oc(-c2cccs2)nc1CC(=O)NC(CN)CC(C)C. The van der Waals surface area contributed by atoms with E-state index in [1.165, 1.54) is 0 Å². The zero-order valence-electron chi connectivity index (χ0n) is 13.3. The molecule has 2 aromatic rings. The van der Waals surface area contributed by atoms with Crippen LogP contribution >= 0.6 is 11.3 Å². The van der Waals surface area contributed by atoms with Crippen LogP contribution < -0.4 is 11.1 Å². The maximum Gasteiger partial charge on any atom is 0.236 e. The van der Waals surface area contributed by atoms with Gasteiger partial charge in [0.1, 0.15) is 5.76 Å². The van der Waals surface area contributed by atoms with Gasteiger partial charge in [-0.3, -0.25) is 4.79 Å². The van der Waals surface area contributed by atoms with Crippen LogP contribution in [0, 0.1) is 12.8 Å². The molecule has 0 saturated heterocycles. The van der Waals surface area contributed by atoms with E-state index in [4.69, 9.17) is 10.2 Å². The standard InChI is InChI=1S/C16H23N3O2S/c1-10(2)7-12(9-17)18-15(20)8-13-11(3)21-16(19-13)14-5-4-6-22-14/h4-6,10,12H,7-9,17H2,1-3H3,(H,18,20). The summed E-state index contributed by atoms with van der Waals surface area (Å²) in [6.45, 7) is 6.51. The Morgan fingerprint density at radius 1 is 1.50 bits per heavy atom. The van der Waals surface area contributed by atoms with Crippen LogP contribution in [0.5, 0.6) is 0 Å². The van der Waals surface area contributed by atoms with Crippen LogP contribution in [0.15, 0.2) is 21.9 Å². The molecule has 0 aromatic carbocycles. The molecule has 0 bridgehead atoms. The molecule has 0 radical (unpaired) electrons. The Kier molecular flexibility index (Phi) is 5.74. The maximum absolute atomic E-state index is 12.2. The van der Waals surface area contributed by atoms with E-state index in [-0.39, 0.29) is 18.4 Å². The molecule has 3 N–H and O–H groups in total. The average Bonchev–Trinajstić information content (AvgIpc) is 3.08. The van der Waals surface area contributed by atoms with Crippen molar-refractivity contribution >= 4 is 17.2 Å². The lowest BCUT2D eigenvalue weighted by molar-refractivity contribution is -0.121. The number of hydrogen-bond donors (Lipinski definition) is 2. The van der Waals surface area contributed by atoms with Crippen molar-refractivity contribution in [3.63, 3.8) is 0 Å². The third-order valence-electron chi connectivity index (χ3n) is 3.36. The molecule has 1 atom stereocenters. The predicted molar refractivity (Wildman–Crippen MR) is 88.7 cm³/mol. The van der Waals surface area contributed by atoms with Crippen LogP contribution in [-0.4, -0.2) is 23.5 Å². The molecule has 0 fully saturated rings. The van der Waals surface area contributed by atoms with E-state index in [0.29, 0.717) is 29.8 Å². The summed E-state index contributed by atoms with van der Waals surface area (Å²) >= 11 is 1.56. The largest absolute Gasteiger partial charge is 0.440 e. The van der Waals surface area contributed by atoms with Crippen LogP contribution in [0.3, 0.4) is 0 Å². The van der Waals surface area contributed by atoms with Gasteiger partial charge >= 0.3 is 0 Å². The molecule has 5 nitrogen and oxygen atoms in total. The highest BCUT2D eigenvalue weighted by Crippen LogP contribution is 2.26. The van der Waals surface area contributed by atoms with E-state index < -0.39 is 0 Å². The van der Waals surface area contributed by atoms with E-state index in [2.05, 4.69) is 24.1 Å². The monoisotopic (exact) mass is 321 g/mol. The Bertz CT molecular complexity index is 605. The van der Waals surface area contributed by atoms with E-state index in [0.717, 1.165) is 11.3 Å². The van der Waals surface area contributed by atoms with Gasteiger partial charge in [-0.2, -0.15) is 0 Å². The number of carbonyl (C=O) groups excluding carboxylic acids is 1. The fourth-order valence-electron chi connectivity index (χ4n) is 2.31. The molecular weight excluding hydrogens is 298 g/mol. The summed E-state index contributed by atoms with van der Waals surface area (Å²) in [7, 11) is 0. The van der Waals surface area contributed by atoms with Gasteiger partial charge in [-0.25, -0.2) is 4.98 Å². The minimum Gasteiger partial charge on any atom is -0.440 e. The Morgan fingerprint density at radius 2 is 2.27 bits per heavy atom. The Labute approximate surface area is 134 Å². The fourth-order valence-corrected chi connectivity index (χ4v) is 2.96. The van der Waals surface area contributed by atoms with Crippen LogP contribution in [0.2, 0.25) is 0 Å². The van der Waals surface area contributed by atoms with Crippen molar-refractivity contribution in [2.75, 3.05) is 6.54 Å². The summed E-state index contributed by atoms with van der Waals surface area (Å²) in [6.07, 6.45) is 1.09. The van der Waals surface area contributed by atoms with Gasteiger partial charge in [0.15, 0.2) is 0 Å². The summed E-state index contributed by atoms with van der Waals surface area (Å²) < 4.78 is 5.65. The second-order valence-electron chi connectivity index (χ2n) is 5.81. The molecule has 22 heavy (non-hydrogen) atoms. The molecule has 2 rings (SSSR count). The second kappa shape index (κ2) is 7.56.